The molecule has 2 heterocycles. The highest BCUT2D eigenvalue weighted by molar-refractivity contribution is 5.37. The van der Waals surface area contributed by atoms with Gasteiger partial charge in [-0.15, -0.1) is 0 Å². The van der Waals surface area contributed by atoms with Crippen molar-refractivity contribution in [2.75, 3.05) is 39.3 Å². The van der Waals surface area contributed by atoms with E-state index in [4.69, 9.17) is 4.74 Å². The molecule has 1 aromatic rings. The Balaban J connectivity index is 1.54. The van der Waals surface area contributed by atoms with Crippen molar-refractivity contribution in [3.8, 4) is 5.75 Å². The molecule has 1 aromatic carbocycles. The van der Waals surface area contributed by atoms with E-state index in [9.17, 15) is 0 Å². The van der Waals surface area contributed by atoms with Crippen LogP contribution in [0, 0.1) is 0 Å². The number of hydrogen-bond acceptors (Lipinski definition) is 3. The van der Waals surface area contributed by atoms with Crippen molar-refractivity contribution in [2.24, 2.45) is 0 Å². The summed E-state index contributed by atoms with van der Waals surface area (Å²) in [6, 6.07) is 6.61. The van der Waals surface area contributed by atoms with E-state index in [-0.39, 0.29) is 0 Å². The molecule has 1 saturated heterocycles. The third kappa shape index (κ3) is 3.98. The summed E-state index contributed by atoms with van der Waals surface area (Å²) in [5, 5.41) is 0. The van der Waals surface area contributed by atoms with Crippen LogP contribution in [0.15, 0.2) is 18.2 Å². The minimum absolute atomic E-state index is 0.747. The van der Waals surface area contributed by atoms with Crippen molar-refractivity contribution in [2.45, 2.75) is 39.2 Å². The van der Waals surface area contributed by atoms with E-state index in [1.165, 1.54) is 69.5 Å². The van der Waals surface area contributed by atoms with Gasteiger partial charge in [0.15, 0.2) is 0 Å². The predicted molar refractivity (Wildman–Crippen MR) is 86.9 cm³/mol. The Hall–Kier alpha value is -1.06. The third-order valence-electron chi connectivity index (χ3n) is 4.76. The fraction of sp³-hybridized carbons (Fsp3) is 0.667. The van der Waals surface area contributed by atoms with Gasteiger partial charge in [0.25, 0.3) is 0 Å². The van der Waals surface area contributed by atoms with E-state index in [0.29, 0.717) is 0 Å². The van der Waals surface area contributed by atoms with Crippen LogP contribution in [0.1, 0.15) is 37.3 Å². The van der Waals surface area contributed by atoms with Gasteiger partial charge in [-0.1, -0.05) is 12.5 Å². The average Bonchev–Trinajstić information content (AvgIpc) is 2.54. The number of rotatable bonds is 5. The molecule has 3 heteroatoms. The lowest BCUT2D eigenvalue weighted by Gasteiger charge is -2.32. The Labute approximate surface area is 128 Å². The fourth-order valence-corrected chi connectivity index (χ4v) is 3.51. The van der Waals surface area contributed by atoms with Crippen molar-refractivity contribution in [1.82, 2.24) is 9.80 Å². The number of nitrogens with zero attached hydrogens (tertiary/aromatic N) is 2. The zero-order valence-corrected chi connectivity index (χ0v) is 13.3. The van der Waals surface area contributed by atoms with Crippen LogP contribution < -0.4 is 4.74 Å². The molecular weight excluding hydrogens is 260 g/mol. The first-order valence-corrected chi connectivity index (χ1v) is 8.54. The Morgan fingerprint density at radius 2 is 1.76 bits per heavy atom. The second kappa shape index (κ2) is 7.28. The van der Waals surface area contributed by atoms with Crippen LogP contribution in [0.25, 0.3) is 0 Å². The molecule has 3 nitrogen and oxygen atoms in total. The standard InChI is InChI=1S/C18H28N2O/c1-2-21-18-7-6-16-8-11-20(15-17(16)14-18)13-12-19-9-4-3-5-10-19/h6-7,14H,2-5,8-13,15H2,1H3. The minimum atomic E-state index is 0.747. The van der Waals surface area contributed by atoms with Crippen molar-refractivity contribution in [3.63, 3.8) is 0 Å². The Morgan fingerprint density at radius 3 is 2.57 bits per heavy atom. The van der Waals surface area contributed by atoms with Gasteiger partial charge in [-0.25, -0.2) is 0 Å². The van der Waals surface area contributed by atoms with Crippen LogP contribution in [-0.4, -0.2) is 49.1 Å². The molecule has 0 aliphatic carbocycles. The quantitative estimate of drug-likeness (QED) is 0.828. The van der Waals surface area contributed by atoms with Crippen LogP contribution >= 0.6 is 0 Å². The molecule has 0 bridgehead atoms. The van der Waals surface area contributed by atoms with Gasteiger partial charge in [0.1, 0.15) is 5.75 Å². The smallest absolute Gasteiger partial charge is 0.119 e. The Kier molecular flexibility index (Phi) is 5.15. The number of piperidine rings is 1. The van der Waals surface area contributed by atoms with E-state index in [1.54, 1.807) is 0 Å². The number of hydrogen-bond donors (Lipinski definition) is 0. The summed E-state index contributed by atoms with van der Waals surface area (Å²) in [6.07, 6.45) is 5.39. The van der Waals surface area contributed by atoms with Gasteiger partial charge >= 0.3 is 0 Å². The van der Waals surface area contributed by atoms with Gasteiger partial charge in [-0.2, -0.15) is 0 Å². The zero-order valence-electron chi connectivity index (χ0n) is 13.3. The summed E-state index contributed by atoms with van der Waals surface area (Å²) in [7, 11) is 0. The summed E-state index contributed by atoms with van der Waals surface area (Å²) in [5.41, 5.74) is 2.97. The van der Waals surface area contributed by atoms with E-state index >= 15 is 0 Å². The monoisotopic (exact) mass is 288 g/mol. The van der Waals surface area contributed by atoms with Crippen LogP contribution in [-0.2, 0) is 13.0 Å². The maximum atomic E-state index is 5.64. The second-order valence-corrected chi connectivity index (χ2v) is 6.29. The lowest BCUT2D eigenvalue weighted by atomic mass is 9.99. The van der Waals surface area contributed by atoms with Gasteiger partial charge < -0.3 is 9.64 Å². The molecule has 21 heavy (non-hydrogen) atoms. The summed E-state index contributed by atoms with van der Waals surface area (Å²) < 4.78 is 5.64. The van der Waals surface area contributed by atoms with Crippen LogP contribution in [0.3, 0.4) is 0 Å². The highest BCUT2D eigenvalue weighted by Gasteiger charge is 2.18. The molecule has 116 valence electrons. The van der Waals surface area contributed by atoms with Crippen molar-refractivity contribution < 1.29 is 4.74 Å². The number of fused-ring (bicyclic) bond motifs is 1. The fourth-order valence-electron chi connectivity index (χ4n) is 3.51. The second-order valence-electron chi connectivity index (χ2n) is 6.29. The van der Waals surface area contributed by atoms with Gasteiger partial charge in [-0.3, -0.25) is 4.90 Å². The van der Waals surface area contributed by atoms with Crippen LogP contribution in [0.2, 0.25) is 0 Å². The lowest BCUT2D eigenvalue weighted by Crippen LogP contribution is -2.39. The molecule has 2 aliphatic rings. The molecule has 2 aliphatic heterocycles. The van der Waals surface area contributed by atoms with E-state index in [2.05, 4.69) is 28.0 Å². The van der Waals surface area contributed by atoms with Crippen molar-refractivity contribution in [3.05, 3.63) is 29.3 Å². The predicted octanol–water partition coefficient (Wildman–Crippen LogP) is 2.93. The molecule has 1 fully saturated rings. The first-order valence-electron chi connectivity index (χ1n) is 8.54. The number of benzene rings is 1. The largest absolute Gasteiger partial charge is 0.494 e. The van der Waals surface area contributed by atoms with Crippen molar-refractivity contribution >= 4 is 0 Å². The summed E-state index contributed by atoms with van der Waals surface area (Å²) in [5.74, 6) is 1.02. The molecule has 0 amide bonds. The molecule has 0 unspecified atom stereocenters. The number of ether oxygens (including phenoxy) is 1. The van der Waals surface area contributed by atoms with Crippen molar-refractivity contribution in [1.29, 1.82) is 0 Å². The van der Waals surface area contributed by atoms with Gasteiger partial charge in [0, 0.05) is 26.2 Å². The summed E-state index contributed by atoms with van der Waals surface area (Å²) in [6.45, 7) is 10.1. The first kappa shape index (κ1) is 14.9. The van der Waals surface area contributed by atoms with Gasteiger partial charge in [0.05, 0.1) is 6.61 Å². The normalized spacial score (nSPS) is 20.2. The third-order valence-corrected chi connectivity index (χ3v) is 4.76. The molecule has 0 saturated carbocycles. The van der Waals surface area contributed by atoms with E-state index in [0.717, 1.165) is 18.9 Å². The Bertz CT molecular complexity index is 455. The maximum Gasteiger partial charge on any atom is 0.119 e. The lowest BCUT2D eigenvalue weighted by molar-refractivity contribution is 0.173. The first-order chi connectivity index (χ1) is 10.3. The van der Waals surface area contributed by atoms with E-state index in [1.807, 2.05) is 6.92 Å². The Morgan fingerprint density at radius 1 is 0.952 bits per heavy atom. The van der Waals surface area contributed by atoms with Gasteiger partial charge in [0.2, 0.25) is 0 Å². The molecule has 0 aromatic heterocycles. The maximum absolute atomic E-state index is 5.64. The SMILES string of the molecule is CCOc1ccc2c(c1)CN(CCN1CCCCC1)CC2. The highest BCUT2D eigenvalue weighted by atomic mass is 16.5. The molecule has 0 N–H and O–H groups in total. The molecular formula is C18H28N2O. The highest BCUT2D eigenvalue weighted by Crippen LogP contribution is 2.24. The molecule has 0 atom stereocenters. The van der Waals surface area contributed by atoms with Crippen LogP contribution in [0.4, 0.5) is 0 Å². The van der Waals surface area contributed by atoms with E-state index < -0.39 is 0 Å². The summed E-state index contributed by atoms with van der Waals surface area (Å²) >= 11 is 0. The number of likely N-dealkylation sites (tertiary alicyclic amines) is 1. The average molecular weight is 288 g/mol. The molecule has 0 spiro atoms. The summed E-state index contributed by atoms with van der Waals surface area (Å²) in [4.78, 5) is 5.24. The molecule has 0 radical (unpaired) electrons. The minimum Gasteiger partial charge on any atom is -0.494 e. The van der Waals surface area contributed by atoms with Crippen LogP contribution in [0.5, 0.6) is 5.75 Å². The zero-order chi connectivity index (χ0) is 14.5. The topological polar surface area (TPSA) is 15.7 Å². The molecule has 3 rings (SSSR count). The van der Waals surface area contributed by atoms with Gasteiger partial charge in [-0.05, 0) is 62.5 Å².